The predicted octanol–water partition coefficient (Wildman–Crippen LogP) is -0.397. The Bertz CT molecular complexity index is 10.8. The molecule has 4 heavy (non-hydrogen) atoms. The van der Waals surface area contributed by atoms with Crippen molar-refractivity contribution >= 4 is 34.7 Å². The fourth-order valence-corrected chi connectivity index (χ4v) is 0. The van der Waals surface area contributed by atoms with Gasteiger partial charge in [0.15, 0.2) is 0 Å². The summed E-state index contributed by atoms with van der Waals surface area (Å²) in [6.07, 6.45) is 0. The van der Waals surface area contributed by atoms with Gasteiger partial charge < -0.3 is 0 Å². The van der Waals surface area contributed by atoms with Crippen LogP contribution in [0.3, 0.4) is 0 Å². The number of rotatable bonds is 0. The van der Waals surface area contributed by atoms with Gasteiger partial charge >= 0.3 is 44.6 Å². The topological polar surface area (TPSA) is 0 Å². The Kier molecular flexibility index (Phi) is 3.98. The first-order valence-corrected chi connectivity index (χ1v) is 22.7. The Morgan fingerprint density at radius 2 is 1.50 bits per heavy atom. The van der Waals surface area contributed by atoms with E-state index in [1.807, 2.05) is 0 Å². The van der Waals surface area contributed by atoms with E-state index in [1.54, 1.807) is 19.0 Å². The maximum atomic E-state index is 2.43. The van der Waals surface area contributed by atoms with Crippen LogP contribution < -0.4 is 0 Å². The molecule has 0 atom stereocenters. The third kappa shape index (κ3) is 9.47. The second kappa shape index (κ2) is 2.83. The minimum absolute atomic E-state index is 0.507. The zero-order valence-electron chi connectivity index (χ0n) is 3.15. The Hall–Kier alpha value is 1.62. The Morgan fingerprint density at radius 3 is 1.50 bits per heavy atom. The molecule has 0 bridgehead atoms. The SMILES string of the molecule is [CH3][SnH]([CH3])[SbH2]. The summed E-state index contributed by atoms with van der Waals surface area (Å²) in [5.74, 6) is 0. The normalized spacial score (nSPS) is 9.00. The standard InChI is InChI=1S/2CH3.Sb.Sn.3H/h2*1H3;;;;;. The molecule has 26 valence electrons. The molecule has 2 heteroatoms. The minimum atomic E-state index is -0.507. The molecule has 0 amide bonds. The van der Waals surface area contributed by atoms with Crippen LogP contribution in [0.15, 0.2) is 0 Å². The molecule has 0 rings (SSSR count). The van der Waals surface area contributed by atoms with Crippen LogP contribution in [0.25, 0.3) is 0 Å². The van der Waals surface area contributed by atoms with Gasteiger partial charge in [-0.2, -0.15) is 0 Å². The van der Waals surface area contributed by atoms with Crippen molar-refractivity contribution in [3.8, 4) is 0 Å². The molecule has 0 N–H and O–H groups in total. The zero-order valence-corrected chi connectivity index (χ0v) is 9.75. The second-order valence-electron chi connectivity index (χ2n) is 1.24. The van der Waals surface area contributed by atoms with Crippen molar-refractivity contribution in [1.29, 1.82) is 0 Å². The van der Waals surface area contributed by atoms with Gasteiger partial charge in [-0.15, -0.1) is 0 Å². The summed E-state index contributed by atoms with van der Waals surface area (Å²) >= 11 is 1.10. The fraction of sp³-hybridized carbons (Fsp3) is 1.00. The van der Waals surface area contributed by atoms with Crippen molar-refractivity contribution in [3.05, 3.63) is 0 Å². The van der Waals surface area contributed by atoms with E-state index in [4.69, 9.17) is 0 Å². The Morgan fingerprint density at radius 1 is 1.50 bits per heavy atom. The fourth-order valence-electron chi connectivity index (χ4n) is 0. The molecular formula is C2H9SbSn. The third-order valence-corrected chi connectivity index (χ3v) is 0. The molecule has 0 radical (unpaired) electrons. The maximum absolute atomic E-state index is 2.43. The molecule has 0 aromatic heterocycles. The summed E-state index contributed by atoms with van der Waals surface area (Å²) in [4.78, 5) is 4.87. The van der Waals surface area contributed by atoms with E-state index in [-0.39, 0.29) is 0 Å². The molecule has 0 spiro atoms. The van der Waals surface area contributed by atoms with Crippen molar-refractivity contribution in [3.63, 3.8) is 0 Å². The van der Waals surface area contributed by atoms with Crippen LogP contribution in [0, 0.1) is 0 Å². The molecule has 0 aliphatic heterocycles. The molecule has 0 aliphatic carbocycles. The summed E-state index contributed by atoms with van der Waals surface area (Å²) in [7, 11) is 0. The van der Waals surface area contributed by atoms with Gasteiger partial charge in [0.1, 0.15) is 0 Å². The summed E-state index contributed by atoms with van der Waals surface area (Å²) in [5.41, 5.74) is 0. The van der Waals surface area contributed by atoms with Crippen molar-refractivity contribution in [2.24, 2.45) is 0 Å². The molecule has 0 saturated heterocycles. The van der Waals surface area contributed by atoms with Crippen molar-refractivity contribution in [2.75, 3.05) is 0 Å². The van der Waals surface area contributed by atoms with E-state index in [1.165, 1.54) is 0 Å². The van der Waals surface area contributed by atoms with Crippen LogP contribution in [-0.4, -0.2) is 34.7 Å². The number of hydrogen-bond acceptors (Lipinski definition) is 0. The number of hydrogen-bond donors (Lipinski definition) is 0. The molecule has 0 nitrogen and oxygen atoms in total. The average Bonchev–Trinajstić information content (AvgIpc) is 0.811. The molecule has 0 heterocycles. The monoisotopic (exact) mass is 274 g/mol. The molecule has 0 saturated carbocycles. The van der Waals surface area contributed by atoms with Crippen LogP contribution >= 0.6 is 0 Å². The van der Waals surface area contributed by atoms with Gasteiger partial charge in [0.25, 0.3) is 0 Å². The third-order valence-electron chi connectivity index (χ3n) is 0. The van der Waals surface area contributed by atoms with E-state index in [0.717, 1.165) is 0 Å². The van der Waals surface area contributed by atoms with Crippen LogP contribution in [0.1, 0.15) is 0 Å². The first-order valence-electron chi connectivity index (χ1n) is 1.49. The first-order chi connectivity index (χ1) is 1.73. The van der Waals surface area contributed by atoms with E-state index in [0.29, 0.717) is 0 Å². The van der Waals surface area contributed by atoms with Crippen molar-refractivity contribution < 1.29 is 0 Å². The van der Waals surface area contributed by atoms with E-state index >= 15 is 0 Å². The molecule has 0 aromatic carbocycles. The van der Waals surface area contributed by atoms with Crippen molar-refractivity contribution in [2.45, 2.75) is 9.88 Å². The van der Waals surface area contributed by atoms with E-state index in [9.17, 15) is 0 Å². The first kappa shape index (κ1) is 5.62. The average molecular weight is 274 g/mol. The van der Waals surface area contributed by atoms with Crippen LogP contribution in [-0.2, 0) is 0 Å². The van der Waals surface area contributed by atoms with Gasteiger partial charge in [-0.1, -0.05) is 0 Å². The molecular weight excluding hydrogens is 264 g/mol. The van der Waals surface area contributed by atoms with Crippen LogP contribution in [0.4, 0.5) is 0 Å². The van der Waals surface area contributed by atoms with Gasteiger partial charge in [0, 0.05) is 0 Å². The van der Waals surface area contributed by atoms with Gasteiger partial charge in [-0.25, -0.2) is 0 Å². The van der Waals surface area contributed by atoms with E-state index in [2.05, 4.69) is 9.88 Å². The van der Waals surface area contributed by atoms with Gasteiger partial charge in [0.05, 0.1) is 0 Å². The van der Waals surface area contributed by atoms with Gasteiger partial charge in [0.2, 0.25) is 0 Å². The molecule has 0 aliphatic rings. The van der Waals surface area contributed by atoms with Crippen LogP contribution in [0.2, 0.25) is 9.88 Å². The van der Waals surface area contributed by atoms with Gasteiger partial charge in [-0.05, 0) is 0 Å². The Labute approximate surface area is 44.1 Å². The zero-order chi connectivity index (χ0) is 3.58. The van der Waals surface area contributed by atoms with Gasteiger partial charge in [-0.3, -0.25) is 0 Å². The Balaban J connectivity index is 2.32. The predicted molar refractivity (Wildman–Crippen MR) is 27.4 cm³/mol. The summed E-state index contributed by atoms with van der Waals surface area (Å²) in [5, 5.41) is 0. The quantitative estimate of drug-likeness (QED) is 0.527. The molecule has 0 fully saturated rings. The second-order valence-corrected chi connectivity index (χ2v) is 33.9. The summed E-state index contributed by atoms with van der Waals surface area (Å²) < 4.78 is 0. The summed E-state index contributed by atoms with van der Waals surface area (Å²) in [6, 6.07) is 0. The van der Waals surface area contributed by atoms with E-state index < -0.39 is 15.7 Å². The molecule has 0 aromatic rings. The van der Waals surface area contributed by atoms with Crippen molar-refractivity contribution in [1.82, 2.24) is 0 Å². The summed E-state index contributed by atoms with van der Waals surface area (Å²) in [6.45, 7) is 0. The van der Waals surface area contributed by atoms with Crippen LogP contribution in [0.5, 0.6) is 0 Å². The molecule has 0 unspecified atom stereocenters.